The molecule has 1 aromatic rings. The van der Waals surface area contributed by atoms with Crippen LogP contribution in [0.3, 0.4) is 0 Å². The molecule has 5 rings (SSSR count). The molecule has 2 aliphatic heterocycles. The highest BCUT2D eigenvalue weighted by Crippen LogP contribution is 2.63. The number of anilines is 1. The van der Waals surface area contributed by atoms with Crippen LogP contribution in [0.15, 0.2) is 18.2 Å². The summed E-state index contributed by atoms with van der Waals surface area (Å²) in [7, 11) is 2.94. The van der Waals surface area contributed by atoms with Crippen molar-refractivity contribution in [3.63, 3.8) is 0 Å². The van der Waals surface area contributed by atoms with Crippen LogP contribution in [0.5, 0.6) is 5.75 Å². The molecular weight excluding hydrogens is 374 g/mol. The number of carbonyl (C=O) groups is 2. The van der Waals surface area contributed by atoms with Crippen molar-refractivity contribution < 1.29 is 28.5 Å². The van der Waals surface area contributed by atoms with Gasteiger partial charge in [0.25, 0.3) is 0 Å². The van der Waals surface area contributed by atoms with Gasteiger partial charge in [0.15, 0.2) is 11.6 Å². The molecule has 2 heterocycles. The van der Waals surface area contributed by atoms with Crippen LogP contribution in [-0.2, 0) is 24.4 Å². The molecule has 1 aromatic carbocycles. The Morgan fingerprint density at radius 3 is 2.55 bits per heavy atom. The smallest absolute Gasteiger partial charge is 0.414 e. The molecule has 2 saturated carbocycles. The molecule has 1 saturated heterocycles. The fraction of sp³-hybridized carbons (Fsp3) is 0.636. The average Bonchev–Trinajstić information content (AvgIpc) is 3.31. The minimum atomic E-state index is -0.676. The monoisotopic (exact) mass is 401 g/mol. The van der Waals surface area contributed by atoms with Gasteiger partial charge in [0, 0.05) is 19.3 Å². The lowest BCUT2D eigenvalue weighted by molar-refractivity contribution is -0.185. The maximum absolute atomic E-state index is 12.9. The third kappa shape index (κ3) is 2.31. The fourth-order valence-corrected chi connectivity index (χ4v) is 6.07. The van der Waals surface area contributed by atoms with Crippen LogP contribution < -0.4 is 9.64 Å². The van der Waals surface area contributed by atoms with Gasteiger partial charge in [-0.2, -0.15) is 0 Å². The van der Waals surface area contributed by atoms with Crippen molar-refractivity contribution in [2.75, 3.05) is 19.1 Å². The van der Waals surface area contributed by atoms with Crippen LogP contribution in [-0.4, -0.2) is 49.6 Å². The van der Waals surface area contributed by atoms with E-state index in [1.165, 1.54) is 12.0 Å². The third-order valence-corrected chi connectivity index (χ3v) is 7.10. The lowest BCUT2D eigenvalue weighted by Crippen LogP contribution is -2.69. The van der Waals surface area contributed by atoms with Gasteiger partial charge >= 0.3 is 6.09 Å². The van der Waals surface area contributed by atoms with Crippen LogP contribution in [0.2, 0.25) is 0 Å². The van der Waals surface area contributed by atoms with E-state index in [0.717, 1.165) is 31.2 Å². The first-order valence-electron chi connectivity index (χ1n) is 10.2. The summed E-state index contributed by atoms with van der Waals surface area (Å²) in [6.45, 7) is 4.06. The predicted molar refractivity (Wildman–Crippen MR) is 104 cm³/mol. The second-order valence-corrected chi connectivity index (χ2v) is 9.13. The Bertz CT molecular complexity index is 889. The first-order valence-corrected chi connectivity index (χ1v) is 10.2. The Morgan fingerprint density at radius 2 is 1.93 bits per heavy atom. The summed E-state index contributed by atoms with van der Waals surface area (Å²) in [5.41, 5.74) is 0.296. The van der Waals surface area contributed by atoms with Gasteiger partial charge in [-0.15, -0.1) is 0 Å². The van der Waals surface area contributed by atoms with Crippen LogP contribution in [0.4, 0.5) is 10.5 Å². The molecule has 0 unspecified atom stereocenters. The topological polar surface area (TPSA) is 74.3 Å². The molecule has 29 heavy (non-hydrogen) atoms. The zero-order chi connectivity index (χ0) is 20.6. The van der Waals surface area contributed by atoms with Crippen molar-refractivity contribution in [2.24, 2.45) is 0 Å². The van der Waals surface area contributed by atoms with Gasteiger partial charge in [-0.05, 0) is 50.5 Å². The summed E-state index contributed by atoms with van der Waals surface area (Å²) in [5.74, 6) is 0.0988. The average molecular weight is 401 g/mol. The van der Waals surface area contributed by atoms with E-state index in [0.29, 0.717) is 17.9 Å². The number of Topliss-reactive ketones (excluding diaryl/α,β-unsaturated/α-hetero) is 1. The lowest BCUT2D eigenvalue weighted by atomic mass is 9.56. The van der Waals surface area contributed by atoms with E-state index in [1.54, 1.807) is 13.2 Å². The van der Waals surface area contributed by atoms with E-state index in [1.807, 2.05) is 26.0 Å². The first kappa shape index (κ1) is 18.9. The number of methoxy groups -OCH3 is 2. The van der Waals surface area contributed by atoms with E-state index >= 15 is 0 Å². The fourth-order valence-electron chi connectivity index (χ4n) is 6.07. The number of nitrogens with zero attached hydrogens (tertiary/aromatic N) is 1. The van der Waals surface area contributed by atoms with Gasteiger partial charge in [0.2, 0.25) is 0 Å². The molecule has 0 bridgehead atoms. The number of carbonyl (C=O) groups excluding carboxylic acids is 2. The highest BCUT2D eigenvalue weighted by molar-refractivity contribution is 6.09. The van der Waals surface area contributed by atoms with Crippen LogP contribution >= 0.6 is 0 Å². The number of ketones is 1. The first-order chi connectivity index (χ1) is 13.8. The Morgan fingerprint density at radius 1 is 1.21 bits per heavy atom. The zero-order valence-corrected chi connectivity index (χ0v) is 17.3. The standard InChI is InChI=1S/C22H27NO6/c1-20(2)18(28-21(29-20)9-5-6-10-21)22-12-16(24)17(22)23(19(25)27-4)15-8-7-13(26-3)11-14(15)22/h7-8,11,17-18H,5-6,9-10,12H2,1-4H3/t17-,18+,22+/m0/s1. The summed E-state index contributed by atoms with van der Waals surface area (Å²) < 4.78 is 23.7. The number of hydrogen-bond acceptors (Lipinski definition) is 6. The van der Waals surface area contributed by atoms with E-state index in [-0.39, 0.29) is 11.9 Å². The largest absolute Gasteiger partial charge is 0.497 e. The number of ether oxygens (including phenoxy) is 4. The molecule has 156 valence electrons. The molecular formula is C22H27NO6. The number of fused-ring (bicyclic) bond motifs is 3. The maximum Gasteiger partial charge on any atom is 0.414 e. The Balaban J connectivity index is 1.67. The van der Waals surface area contributed by atoms with Crippen molar-refractivity contribution in [2.45, 2.75) is 74.9 Å². The summed E-state index contributed by atoms with van der Waals surface area (Å²) in [5, 5.41) is 0. The summed E-state index contributed by atoms with van der Waals surface area (Å²) in [4.78, 5) is 27.0. The predicted octanol–water partition coefficient (Wildman–Crippen LogP) is 3.33. The maximum atomic E-state index is 12.9. The van der Waals surface area contributed by atoms with Gasteiger partial charge in [-0.25, -0.2) is 4.79 Å². The number of benzene rings is 1. The van der Waals surface area contributed by atoms with Crippen molar-refractivity contribution in [1.82, 2.24) is 0 Å². The molecule has 3 atom stereocenters. The lowest BCUT2D eigenvalue weighted by Gasteiger charge is -2.51. The van der Waals surface area contributed by atoms with E-state index < -0.39 is 28.9 Å². The Hall–Kier alpha value is -2.12. The molecule has 7 heteroatoms. The summed E-state index contributed by atoms with van der Waals surface area (Å²) >= 11 is 0. The minimum Gasteiger partial charge on any atom is -0.497 e. The van der Waals surface area contributed by atoms with Crippen LogP contribution in [0, 0.1) is 0 Å². The second kappa shape index (κ2) is 5.95. The summed E-state index contributed by atoms with van der Waals surface area (Å²) in [6, 6.07) is 4.90. The number of amides is 1. The SMILES string of the molecule is COC(=O)N1c2ccc(OC)cc2[C@]2([C@@H]3OC4(CCCC4)OC3(C)C)CC(=O)[C@H]12. The normalized spacial score (nSPS) is 33.4. The van der Waals surface area contributed by atoms with E-state index in [2.05, 4.69) is 0 Å². The molecule has 1 amide bonds. The van der Waals surface area contributed by atoms with Crippen LogP contribution in [0.1, 0.15) is 51.5 Å². The van der Waals surface area contributed by atoms with E-state index in [4.69, 9.17) is 18.9 Å². The number of hydrogen-bond donors (Lipinski definition) is 0. The molecule has 3 fully saturated rings. The van der Waals surface area contributed by atoms with Crippen molar-refractivity contribution in [3.8, 4) is 5.75 Å². The molecule has 7 nitrogen and oxygen atoms in total. The van der Waals surface area contributed by atoms with E-state index in [9.17, 15) is 9.59 Å². The second-order valence-electron chi connectivity index (χ2n) is 9.13. The van der Waals surface area contributed by atoms with Crippen LogP contribution in [0.25, 0.3) is 0 Å². The van der Waals surface area contributed by atoms with Gasteiger partial charge in [-0.1, -0.05) is 0 Å². The zero-order valence-electron chi connectivity index (χ0n) is 17.3. The highest BCUT2D eigenvalue weighted by Gasteiger charge is 2.73. The van der Waals surface area contributed by atoms with Crippen molar-refractivity contribution >= 4 is 17.6 Å². The molecule has 0 radical (unpaired) electrons. The van der Waals surface area contributed by atoms with Gasteiger partial charge in [-0.3, -0.25) is 9.69 Å². The molecule has 0 N–H and O–H groups in total. The van der Waals surface area contributed by atoms with Gasteiger partial charge in [0.05, 0.1) is 30.9 Å². The molecule has 4 aliphatic rings. The highest BCUT2D eigenvalue weighted by atomic mass is 16.8. The quantitative estimate of drug-likeness (QED) is 0.757. The van der Waals surface area contributed by atoms with Crippen molar-refractivity contribution in [1.29, 1.82) is 0 Å². The summed E-state index contributed by atoms with van der Waals surface area (Å²) in [6.07, 6.45) is 3.24. The Labute approximate surface area is 170 Å². The molecule has 0 aromatic heterocycles. The van der Waals surface area contributed by atoms with Crippen molar-refractivity contribution in [3.05, 3.63) is 23.8 Å². The van der Waals surface area contributed by atoms with Gasteiger partial charge < -0.3 is 18.9 Å². The number of rotatable bonds is 2. The Kier molecular flexibility index (Phi) is 3.87. The minimum absolute atomic E-state index is 0.0114. The molecule has 2 aliphatic carbocycles. The molecule has 1 spiro atoms. The third-order valence-electron chi connectivity index (χ3n) is 7.10. The van der Waals surface area contributed by atoms with Gasteiger partial charge in [0.1, 0.15) is 17.9 Å².